The van der Waals surface area contributed by atoms with Crippen LogP contribution in [0, 0.1) is 12.3 Å². The van der Waals surface area contributed by atoms with Gasteiger partial charge in [0.15, 0.2) is 0 Å². The van der Waals surface area contributed by atoms with Gasteiger partial charge in [-0.25, -0.2) is 0 Å². The number of rotatable bonds is 2. The van der Waals surface area contributed by atoms with Crippen LogP contribution in [0.15, 0.2) is 24.3 Å². The first kappa shape index (κ1) is 9.34. The van der Waals surface area contributed by atoms with Gasteiger partial charge in [0.2, 0.25) is 0 Å². The standard InChI is InChI=1S/C14H16/c1-4-14(9-10-14)13-7-5-12(6-8-13)11(2)3/h1,5-8,11H,9-10H2,2-3H3. The van der Waals surface area contributed by atoms with Gasteiger partial charge in [0, 0.05) is 0 Å². The van der Waals surface area contributed by atoms with Gasteiger partial charge in [0.25, 0.3) is 0 Å². The first-order valence-corrected chi connectivity index (χ1v) is 5.26. The van der Waals surface area contributed by atoms with E-state index >= 15 is 0 Å². The Labute approximate surface area is 86.3 Å². The maximum Gasteiger partial charge on any atom is 0.0561 e. The summed E-state index contributed by atoms with van der Waals surface area (Å²) in [6.07, 6.45) is 7.86. The van der Waals surface area contributed by atoms with Gasteiger partial charge in [0.05, 0.1) is 5.41 Å². The third kappa shape index (κ3) is 1.44. The molecule has 1 aliphatic carbocycles. The van der Waals surface area contributed by atoms with E-state index in [2.05, 4.69) is 44.0 Å². The quantitative estimate of drug-likeness (QED) is 0.617. The summed E-state index contributed by atoms with van der Waals surface area (Å²) in [5, 5.41) is 0. The van der Waals surface area contributed by atoms with Crippen molar-refractivity contribution in [2.24, 2.45) is 0 Å². The second-order valence-electron chi connectivity index (χ2n) is 4.50. The van der Waals surface area contributed by atoms with E-state index in [1.54, 1.807) is 0 Å². The van der Waals surface area contributed by atoms with Crippen LogP contribution in [0.1, 0.15) is 43.7 Å². The Bertz CT molecular complexity index is 358. The molecule has 2 rings (SSSR count). The van der Waals surface area contributed by atoms with E-state index in [0.717, 1.165) is 12.8 Å². The van der Waals surface area contributed by atoms with Gasteiger partial charge in [-0.2, -0.15) is 0 Å². The third-order valence-electron chi connectivity index (χ3n) is 3.16. The first-order valence-electron chi connectivity index (χ1n) is 5.26. The van der Waals surface area contributed by atoms with E-state index < -0.39 is 0 Å². The van der Waals surface area contributed by atoms with Crippen molar-refractivity contribution in [1.29, 1.82) is 0 Å². The van der Waals surface area contributed by atoms with Gasteiger partial charge in [-0.1, -0.05) is 44.0 Å². The van der Waals surface area contributed by atoms with E-state index in [-0.39, 0.29) is 5.41 Å². The molecule has 1 aromatic carbocycles. The summed E-state index contributed by atoms with van der Waals surface area (Å²) in [4.78, 5) is 0. The molecule has 1 aliphatic rings. The minimum atomic E-state index is 0.0928. The van der Waals surface area contributed by atoms with Crippen molar-refractivity contribution < 1.29 is 0 Å². The van der Waals surface area contributed by atoms with Crippen LogP contribution in [-0.2, 0) is 5.41 Å². The van der Waals surface area contributed by atoms with Crippen molar-refractivity contribution in [3.8, 4) is 12.3 Å². The predicted octanol–water partition coefficient (Wildman–Crippen LogP) is 3.47. The zero-order valence-corrected chi connectivity index (χ0v) is 8.88. The summed E-state index contributed by atoms with van der Waals surface area (Å²) < 4.78 is 0. The molecular formula is C14H16. The Morgan fingerprint density at radius 3 is 2.14 bits per heavy atom. The Morgan fingerprint density at radius 2 is 1.79 bits per heavy atom. The molecule has 1 aromatic rings. The summed E-state index contributed by atoms with van der Waals surface area (Å²) in [5.74, 6) is 3.52. The summed E-state index contributed by atoms with van der Waals surface area (Å²) >= 11 is 0. The van der Waals surface area contributed by atoms with Crippen LogP contribution < -0.4 is 0 Å². The van der Waals surface area contributed by atoms with Crippen LogP contribution in [0.3, 0.4) is 0 Å². The molecule has 0 bridgehead atoms. The second kappa shape index (κ2) is 3.17. The zero-order chi connectivity index (χ0) is 10.2. The third-order valence-corrected chi connectivity index (χ3v) is 3.16. The molecule has 0 heterocycles. The SMILES string of the molecule is C#CC1(c2ccc(C(C)C)cc2)CC1. The normalized spacial score (nSPS) is 17.9. The van der Waals surface area contributed by atoms with E-state index in [1.165, 1.54) is 11.1 Å². The van der Waals surface area contributed by atoms with Gasteiger partial charge in [0.1, 0.15) is 0 Å². The molecule has 0 unspecified atom stereocenters. The fourth-order valence-corrected chi connectivity index (χ4v) is 1.83. The average molecular weight is 184 g/mol. The van der Waals surface area contributed by atoms with E-state index in [1.807, 2.05) is 0 Å². The summed E-state index contributed by atoms with van der Waals surface area (Å²) in [7, 11) is 0. The van der Waals surface area contributed by atoms with Crippen molar-refractivity contribution in [1.82, 2.24) is 0 Å². The minimum Gasteiger partial charge on any atom is -0.119 e. The molecule has 1 fully saturated rings. The molecule has 14 heavy (non-hydrogen) atoms. The van der Waals surface area contributed by atoms with Crippen LogP contribution >= 0.6 is 0 Å². The minimum absolute atomic E-state index is 0.0928. The second-order valence-corrected chi connectivity index (χ2v) is 4.50. The molecule has 0 saturated heterocycles. The summed E-state index contributed by atoms with van der Waals surface area (Å²) in [6, 6.07) is 8.80. The number of hydrogen-bond acceptors (Lipinski definition) is 0. The lowest BCUT2D eigenvalue weighted by atomic mass is 9.94. The maximum atomic E-state index is 5.55. The molecule has 0 aliphatic heterocycles. The van der Waals surface area contributed by atoms with Crippen LogP contribution in [-0.4, -0.2) is 0 Å². The fourth-order valence-electron chi connectivity index (χ4n) is 1.83. The van der Waals surface area contributed by atoms with Gasteiger partial charge in [-0.15, -0.1) is 6.42 Å². The summed E-state index contributed by atoms with van der Waals surface area (Å²) in [6.45, 7) is 4.42. The first-order chi connectivity index (χ1) is 6.68. The Hall–Kier alpha value is -1.22. The lowest BCUT2D eigenvalue weighted by Crippen LogP contribution is -2.02. The number of terminal acetylenes is 1. The Kier molecular flexibility index (Phi) is 2.11. The molecule has 0 aromatic heterocycles. The molecule has 0 heteroatoms. The molecule has 0 radical (unpaired) electrons. The largest absolute Gasteiger partial charge is 0.119 e. The van der Waals surface area contributed by atoms with Gasteiger partial charge >= 0.3 is 0 Å². The van der Waals surface area contributed by atoms with Crippen LogP contribution in [0.5, 0.6) is 0 Å². The smallest absolute Gasteiger partial charge is 0.0561 e. The topological polar surface area (TPSA) is 0 Å². The lowest BCUT2D eigenvalue weighted by molar-refractivity contribution is 0.858. The predicted molar refractivity (Wildman–Crippen MR) is 60.3 cm³/mol. The highest BCUT2D eigenvalue weighted by atomic mass is 14.4. The molecular weight excluding hydrogens is 168 g/mol. The highest BCUT2D eigenvalue weighted by Crippen LogP contribution is 2.47. The lowest BCUT2D eigenvalue weighted by Gasteiger charge is -2.10. The van der Waals surface area contributed by atoms with Crippen molar-refractivity contribution in [3.05, 3.63) is 35.4 Å². The van der Waals surface area contributed by atoms with Gasteiger partial charge in [-0.05, 0) is 29.9 Å². The molecule has 0 N–H and O–H groups in total. The molecule has 72 valence electrons. The average Bonchev–Trinajstić information content (AvgIpc) is 2.99. The van der Waals surface area contributed by atoms with Gasteiger partial charge < -0.3 is 0 Å². The molecule has 0 nitrogen and oxygen atoms in total. The molecule has 0 amide bonds. The van der Waals surface area contributed by atoms with Crippen LogP contribution in [0.25, 0.3) is 0 Å². The number of hydrogen-bond donors (Lipinski definition) is 0. The highest BCUT2D eigenvalue weighted by Gasteiger charge is 2.42. The zero-order valence-electron chi connectivity index (χ0n) is 8.88. The van der Waals surface area contributed by atoms with E-state index in [4.69, 9.17) is 6.42 Å². The van der Waals surface area contributed by atoms with Crippen molar-refractivity contribution >= 4 is 0 Å². The maximum absolute atomic E-state index is 5.55. The van der Waals surface area contributed by atoms with Crippen molar-refractivity contribution in [2.75, 3.05) is 0 Å². The van der Waals surface area contributed by atoms with Crippen molar-refractivity contribution in [2.45, 2.75) is 38.0 Å². The van der Waals surface area contributed by atoms with Crippen molar-refractivity contribution in [3.63, 3.8) is 0 Å². The number of benzene rings is 1. The van der Waals surface area contributed by atoms with Gasteiger partial charge in [-0.3, -0.25) is 0 Å². The van der Waals surface area contributed by atoms with Crippen LogP contribution in [0.2, 0.25) is 0 Å². The summed E-state index contributed by atoms with van der Waals surface area (Å²) in [5.41, 5.74) is 2.81. The van der Waals surface area contributed by atoms with E-state index in [9.17, 15) is 0 Å². The molecule has 0 atom stereocenters. The Balaban J connectivity index is 2.28. The molecule has 0 spiro atoms. The molecule has 1 saturated carbocycles. The monoisotopic (exact) mass is 184 g/mol. The fraction of sp³-hybridized carbons (Fsp3) is 0.429. The highest BCUT2D eigenvalue weighted by molar-refractivity contribution is 5.41. The van der Waals surface area contributed by atoms with E-state index in [0.29, 0.717) is 5.92 Å². The Morgan fingerprint density at radius 1 is 1.21 bits per heavy atom. The van der Waals surface area contributed by atoms with Crippen LogP contribution in [0.4, 0.5) is 0 Å².